The van der Waals surface area contributed by atoms with Crippen LogP contribution in [0.4, 0.5) is 4.39 Å². The molecule has 0 atom stereocenters. The number of nitrogens with zero attached hydrogens (tertiary/aromatic N) is 2. The van der Waals surface area contributed by atoms with E-state index in [1.165, 1.54) is 12.1 Å². The molecule has 1 aromatic rings. The molecular formula is C21H27FN2O2. The van der Waals surface area contributed by atoms with E-state index in [0.717, 1.165) is 58.2 Å². The van der Waals surface area contributed by atoms with Gasteiger partial charge in [0.2, 0.25) is 0 Å². The molecule has 4 nitrogen and oxygen atoms in total. The zero-order valence-electron chi connectivity index (χ0n) is 15.3. The summed E-state index contributed by atoms with van der Waals surface area (Å²) >= 11 is 0. The first-order chi connectivity index (χ1) is 12.6. The predicted molar refractivity (Wildman–Crippen MR) is 97.2 cm³/mol. The largest absolute Gasteiger partial charge is 0.381 e. The van der Waals surface area contributed by atoms with Crippen molar-refractivity contribution in [3.63, 3.8) is 0 Å². The molecular weight excluding hydrogens is 331 g/mol. The first-order valence-electron chi connectivity index (χ1n) is 9.63. The molecule has 0 bridgehead atoms. The summed E-state index contributed by atoms with van der Waals surface area (Å²) in [6.07, 6.45) is 5.35. The van der Waals surface area contributed by atoms with Gasteiger partial charge < -0.3 is 9.64 Å². The third-order valence-corrected chi connectivity index (χ3v) is 5.90. The molecule has 1 aromatic carbocycles. The highest BCUT2D eigenvalue weighted by molar-refractivity contribution is 5.97. The summed E-state index contributed by atoms with van der Waals surface area (Å²) in [6.45, 7) is 4.22. The van der Waals surface area contributed by atoms with E-state index < -0.39 is 0 Å². The number of nitriles is 1. The minimum absolute atomic E-state index is 0.0395. The van der Waals surface area contributed by atoms with Crippen LogP contribution in [-0.4, -0.2) is 43.5 Å². The number of ketones is 1. The third-order valence-electron chi connectivity index (χ3n) is 5.90. The Hall–Kier alpha value is -1.77. The monoisotopic (exact) mass is 358 g/mol. The Balaban J connectivity index is 1.42. The summed E-state index contributed by atoms with van der Waals surface area (Å²) in [5.74, 6) is -0.135. The zero-order valence-corrected chi connectivity index (χ0v) is 15.3. The molecule has 0 aromatic heterocycles. The summed E-state index contributed by atoms with van der Waals surface area (Å²) in [6, 6.07) is 8.40. The Labute approximate surface area is 154 Å². The molecule has 2 saturated heterocycles. The van der Waals surface area contributed by atoms with E-state index in [1.54, 1.807) is 12.1 Å². The van der Waals surface area contributed by atoms with Gasteiger partial charge in [-0.2, -0.15) is 5.26 Å². The van der Waals surface area contributed by atoms with Gasteiger partial charge in [0.25, 0.3) is 0 Å². The highest BCUT2D eigenvalue weighted by Crippen LogP contribution is 2.34. The van der Waals surface area contributed by atoms with Crippen molar-refractivity contribution in [3.8, 4) is 6.07 Å². The van der Waals surface area contributed by atoms with Crippen LogP contribution in [0.15, 0.2) is 24.3 Å². The number of piperidine rings is 1. The van der Waals surface area contributed by atoms with Crippen LogP contribution in [-0.2, 0) is 4.74 Å². The van der Waals surface area contributed by atoms with Crippen LogP contribution >= 0.6 is 0 Å². The normalized spacial score (nSPS) is 21.2. The van der Waals surface area contributed by atoms with Gasteiger partial charge in [-0.15, -0.1) is 0 Å². The van der Waals surface area contributed by atoms with Crippen molar-refractivity contribution in [2.24, 2.45) is 11.3 Å². The average Bonchev–Trinajstić information content (AvgIpc) is 2.69. The van der Waals surface area contributed by atoms with Gasteiger partial charge in [-0.05, 0) is 82.4 Å². The zero-order chi connectivity index (χ0) is 18.4. The summed E-state index contributed by atoms with van der Waals surface area (Å²) in [4.78, 5) is 14.9. The molecule has 26 heavy (non-hydrogen) atoms. The van der Waals surface area contributed by atoms with Gasteiger partial charge >= 0.3 is 0 Å². The summed E-state index contributed by atoms with van der Waals surface area (Å²) in [5, 5.41) is 9.52. The third kappa shape index (κ3) is 4.69. The van der Waals surface area contributed by atoms with Crippen molar-refractivity contribution in [2.75, 3.05) is 32.8 Å². The molecule has 2 fully saturated rings. The number of likely N-dealkylation sites (tertiary alicyclic amines) is 1. The minimum Gasteiger partial charge on any atom is -0.381 e. The molecule has 2 heterocycles. The predicted octanol–water partition coefficient (Wildman–Crippen LogP) is 3.82. The number of hydrogen-bond acceptors (Lipinski definition) is 4. The molecule has 5 heteroatoms. The fraction of sp³-hybridized carbons (Fsp3) is 0.619. The van der Waals surface area contributed by atoms with Gasteiger partial charge in [0.05, 0.1) is 11.5 Å². The van der Waals surface area contributed by atoms with Crippen molar-refractivity contribution in [1.82, 2.24) is 4.90 Å². The van der Waals surface area contributed by atoms with Crippen LogP contribution < -0.4 is 0 Å². The first kappa shape index (κ1) is 19.0. The van der Waals surface area contributed by atoms with E-state index in [4.69, 9.17) is 4.74 Å². The Morgan fingerprint density at radius 1 is 1.23 bits per heavy atom. The molecule has 0 amide bonds. The Kier molecular flexibility index (Phi) is 6.39. The number of halogens is 1. The molecule has 140 valence electrons. The molecule has 0 unspecified atom stereocenters. The summed E-state index contributed by atoms with van der Waals surface area (Å²) in [5.41, 5.74) is 0.412. The maximum absolute atomic E-state index is 13.0. The number of carbonyl (C=O) groups excluding carboxylic acids is 1. The van der Waals surface area contributed by atoms with Gasteiger partial charge in [0, 0.05) is 24.7 Å². The quantitative estimate of drug-likeness (QED) is 0.726. The van der Waals surface area contributed by atoms with E-state index >= 15 is 0 Å². The lowest BCUT2D eigenvalue weighted by molar-refractivity contribution is 0.0344. The highest BCUT2D eigenvalue weighted by Gasteiger charge is 2.32. The number of benzene rings is 1. The van der Waals surface area contributed by atoms with E-state index in [9.17, 15) is 14.4 Å². The topological polar surface area (TPSA) is 53.3 Å². The van der Waals surface area contributed by atoms with Gasteiger partial charge in [-0.25, -0.2) is 4.39 Å². The van der Waals surface area contributed by atoms with E-state index in [0.29, 0.717) is 18.8 Å². The molecule has 0 saturated carbocycles. The van der Waals surface area contributed by atoms with E-state index in [2.05, 4.69) is 11.0 Å². The van der Waals surface area contributed by atoms with Crippen LogP contribution in [0.3, 0.4) is 0 Å². The molecule has 0 spiro atoms. The maximum atomic E-state index is 13.0. The van der Waals surface area contributed by atoms with Gasteiger partial charge in [-0.3, -0.25) is 4.79 Å². The lowest BCUT2D eigenvalue weighted by Gasteiger charge is -2.34. The van der Waals surface area contributed by atoms with Crippen LogP contribution in [0, 0.1) is 28.5 Å². The number of rotatable bonds is 6. The second kappa shape index (κ2) is 8.75. The number of carbonyl (C=O) groups is 1. The minimum atomic E-state index is -0.309. The number of hydrogen-bond donors (Lipinski definition) is 0. The fourth-order valence-corrected chi connectivity index (χ4v) is 4.09. The molecule has 0 N–H and O–H groups in total. The van der Waals surface area contributed by atoms with Gasteiger partial charge in [0.15, 0.2) is 5.78 Å². The van der Waals surface area contributed by atoms with Crippen molar-refractivity contribution < 1.29 is 13.9 Å². The Morgan fingerprint density at radius 3 is 2.50 bits per heavy atom. The highest BCUT2D eigenvalue weighted by atomic mass is 19.1. The van der Waals surface area contributed by atoms with E-state index in [-0.39, 0.29) is 22.9 Å². The Bertz CT molecular complexity index is 639. The first-order valence-corrected chi connectivity index (χ1v) is 9.63. The van der Waals surface area contributed by atoms with Crippen LogP contribution in [0.2, 0.25) is 0 Å². The lowest BCUT2D eigenvalue weighted by atomic mass is 9.78. The molecule has 0 aliphatic carbocycles. The van der Waals surface area contributed by atoms with Crippen molar-refractivity contribution >= 4 is 5.78 Å². The van der Waals surface area contributed by atoms with Gasteiger partial charge in [-0.1, -0.05) is 0 Å². The smallest absolute Gasteiger partial charge is 0.166 e. The Morgan fingerprint density at radius 2 is 1.88 bits per heavy atom. The molecule has 2 aliphatic rings. The number of ether oxygens (including phenoxy) is 1. The molecule has 2 aliphatic heterocycles. The van der Waals surface area contributed by atoms with Crippen molar-refractivity contribution in [2.45, 2.75) is 38.5 Å². The fourth-order valence-electron chi connectivity index (χ4n) is 4.09. The lowest BCUT2D eigenvalue weighted by Crippen LogP contribution is -2.37. The second-order valence-electron chi connectivity index (χ2n) is 7.60. The average molecular weight is 358 g/mol. The van der Waals surface area contributed by atoms with Gasteiger partial charge in [0.1, 0.15) is 5.82 Å². The molecule has 0 radical (unpaired) electrons. The summed E-state index contributed by atoms with van der Waals surface area (Å²) in [7, 11) is 0. The second-order valence-corrected chi connectivity index (χ2v) is 7.60. The number of Topliss-reactive ketones (excluding diaryl/α,β-unsaturated/α-hetero) is 1. The maximum Gasteiger partial charge on any atom is 0.166 e. The van der Waals surface area contributed by atoms with Crippen molar-refractivity contribution in [1.29, 1.82) is 5.26 Å². The standard InChI is InChI=1S/C21H27FN2O2/c22-19-4-2-17(3-5-19)20(25)18-6-12-24(13-7-18)11-1-8-21(16-23)9-14-26-15-10-21/h2-5,18H,1,6-15H2. The van der Waals surface area contributed by atoms with Crippen LogP contribution in [0.1, 0.15) is 48.9 Å². The summed E-state index contributed by atoms with van der Waals surface area (Å²) < 4.78 is 18.4. The SMILES string of the molecule is N#CC1(CCCN2CCC(C(=O)c3ccc(F)cc3)CC2)CCOCC1. The van der Waals surface area contributed by atoms with Crippen LogP contribution in [0.25, 0.3) is 0 Å². The van der Waals surface area contributed by atoms with Crippen molar-refractivity contribution in [3.05, 3.63) is 35.6 Å². The molecule has 3 rings (SSSR count). The van der Waals surface area contributed by atoms with Crippen LogP contribution in [0.5, 0.6) is 0 Å². The van der Waals surface area contributed by atoms with E-state index in [1.807, 2.05) is 0 Å².